The minimum absolute atomic E-state index is 0.130. The van der Waals surface area contributed by atoms with E-state index in [-0.39, 0.29) is 12.5 Å². The van der Waals surface area contributed by atoms with Crippen LogP contribution in [0.15, 0.2) is 42.6 Å². The van der Waals surface area contributed by atoms with Crippen molar-refractivity contribution in [3.05, 3.63) is 53.7 Å². The fourth-order valence-electron chi connectivity index (χ4n) is 2.79. The highest BCUT2D eigenvalue weighted by Gasteiger charge is 2.13. The lowest BCUT2D eigenvalue weighted by Crippen LogP contribution is -2.28. The van der Waals surface area contributed by atoms with Crippen LogP contribution in [0, 0.1) is 0 Å². The molecule has 0 atom stereocenters. The van der Waals surface area contributed by atoms with Gasteiger partial charge in [0.1, 0.15) is 11.6 Å². The average Bonchev–Trinajstić information content (AvgIpc) is 3.20. The molecule has 0 aliphatic carbocycles. The van der Waals surface area contributed by atoms with E-state index in [0.29, 0.717) is 24.1 Å². The Morgan fingerprint density at radius 2 is 2.04 bits per heavy atom. The SMILES string of the molecule is O=Cc1ccccc1OCC(=O)NCc1ccnc(N2CCCC2)c1. The van der Waals surface area contributed by atoms with Gasteiger partial charge in [0.25, 0.3) is 5.91 Å². The zero-order valence-electron chi connectivity index (χ0n) is 14.0. The normalized spacial score (nSPS) is 13.5. The van der Waals surface area contributed by atoms with Crippen LogP contribution in [0.3, 0.4) is 0 Å². The number of carbonyl (C=O) groups is 2. The second-order valence-corrected chi connectivity index (χ2v) is 5.94. The molecule has 1 fully saturated rings. The van der Waals surface area contributed by atoms with Crippen molar-refractivity contribution < 1.29 is 14.3 Å². The molecular formula is C19H21N3O3. The maximum Gasteiger partial charge on any atom is 0.258 e. The molecule has 6 heteroatoms. The first-order valence-corrected chi connectivity index (χ1v) is 8.40. The molecule has 1 aliphatic heterocycles. The van der Waals surface area contributed by atoms with E-state index in [9.17, 15) is 9.59 Å². The molecule has 0 radical (unpaired) electrons. The number of carbonyl (C=O) groups excluding carboxylic acids is 2. The van der Waals surface area contributed by atoms with Gasteiger partial charge in [-0.05, 0) is 42.7 Å². The van der Waals surface area contributed by atoms with E-state index in [1.54, 1.807) is 30.5 Å². The summed E-state index contributed by atoms with van der Waals surface area (Å²) in [6.45, 7) is 2.36. The lowest BCUT2D eigenvalue weighted by Gasteiger charge is -2.17. The van der Waals surface area contributed by atoms with Gasteiger partial charge in [-0.25, -0.2) is 4.98 Å². The number of aromatic nitrogens is 1. The Kier molecular flexibility index (Phi) is 5.61. The van der Waals surface area contributed by atoms with E-state index in [0.717, 1.165) is 24.5 Å². The topological polar surface area (TPSA) is 71.5 Å². The molecule has 2 heterocycles. The Bertz CT molecular complexity index is 742. The number of ether oxygens (including phenoxy) is 1. The van der Waals surface area contributed by atoms with Crippen molar-refractivity contribution in [3.63, 3.8) is 0 Å². The molecule has 1 N–H and O–H groups in total. The summed E-state index contributed by atoms with van der Waals surface area (Å²) < 4.78 is 5.42. The molecule has 3 rings (SSSR count). The number of rotatable bonds is 7. The highest BCUT2D eigenvalue weighted by atomic mass is 16.5. The monoisotopic (exact) mass is 339 g/mol. The Morgan fingerprint density at radius 1 is 1.24 bits per heavy atom. The van der Waals surface area contributed by atoms with Gasteiger partial charge < -0.3 is 15.0 Å². The molecule has 1 aromatic carbocycles. The molecule has 0 saturated carbocycles. The minimum Gasteiger partial charge on any atom is -0.483 e. The van der Waals surface area contributed by atoms with E-state index in [1.807, 2.05) is 12.1 Å². The third-order valence-electron chi connectivity index (χ3n) is 4.13. The molecule has 6 nitrogen and oxygen atoms in total. The van der Waals surface area contributed by atoms with Gasteiger partial charge >= 0.3 is 0 Å². The van der Waals surface area contributed by atoms with Gasteiger partial charge in [-0.15, -0.1) is 0 Å². The summed E-state index contributed by atoms with van der Waals surface area (Å²) in [4.78, 5) is 29.6. The summed E-state index contributed by atoms with van der Waals surface area (Å²) in [6.07, 6.45) is 4.88. The molecule has 0 bridgehead atoms. The summed E-state index contributed by atoms with van der Waals surface area (Å²) >= 11 is 0. The Hall–Kier alpha value is -2.89. The minimum atomic E-state index is -0.236. The van der Waals surface area contributed by atoms with Gasteiger partial charge in [0, 0.05) is 25.8 Å². The van der Waals surface area contributed by atoms with Crippen LogP contribution in [0.25, 0.3) is 0 Å². The molecule has 1 aromatic heterocycles. The molecule has 130 valence electrons. The Labute approximate surface area is 146 Å². The number of hydrogen-bond acceptors (Lipinski definition) is 5. The molecular weight excluding hydrogens is 318 g/mol. The van der Waals surface area contributed by atoms with Crippen LogP contribution in [0.5, 0.6) is 5.75 Å². The lowest BCUT2D eigenvalue weighted by atomic mass is 10.2. The van der Waals surface area contributed by atoms with Crippen molar-refractivity contribution >= 4 is 18.0 Å². The van der Waals surface area contributed by atoms with E-state index >= 15 is 0 Å². The van der Waals surface area contributed by atoms with E-state index in [4.69, 9.17) is 4.74 Å². The van der Waals surface area contributed by atoms with Crippen LogP contribution in [0.4, 0.5) is 5.82 Å². The van der Waals surface area contributed by atoms with Gasteiger partial charge in [-0.2, -0.15) is 0 Å². The van der Waals surface area contributed by atoms with Gasteiger partial charge in [0.15, 0.2) is 12.9 Å². The van der Waals surface area contributed by atoms with Crippen LogP contribution in [-0.2, 0) is 11.3 Å². The van der Waals surface area contributed by atoms with Crippen molar-refractivity contribution in [1.29, 1.82) is 0 Å². The molecule has 1 aliphatic rings. The molecule has 0 unspecified atom stereocenters. The maximum atomic E-state index is 12.0. The fraction of sp³-hybridized carbons (Fsp3) is 0.316. The first-order valence-electron chi connectivity index (χ1n) is 8.40. The van der Waals surface area contributed by atoms with Crippen molar-refractivity contribution in [1.82, 2.24) is 10.3 Å². The van der Waals surface area contributed by atoms with Gasteiger partial charge in [-0.3, -0.25) is 9.59 Å². The number of nitrogens with zero attached hydrogens (tertiary/aromatic N) is 2. The first kappa shape index (κ1) is 17.0. The Morgan fingerprint density at radius 3 is 2.84 bits per heavy atom. The average molecular weight is 339 g/mol. The summed E-state index contributed by atoms with van der Waals surface area (Å²) in [5.41, 5.74) is 1.43. The van der Waals surface area contributed by atoms with Crippen LogP contribution in [0.2, 0.25) is 0 Å². The number of anilines is 1. The summed E-state index contributed by atoms with van der Waals surface area (Å²) in [6, 6.07) is 10.7. The van der Waals surface area contributed by atoms with Crippen molar-refractivity contribution in [2.24, 2.45) is 0 Å². The lowest BCUT2D eigenvalue weighted by molar-refractivity contribution is -0.123. The number of hydrogen-bond donors (Lipinski definition) is 1. The van der Waals surface area contributed by atoms with Crippen molar-refractivity contribution in [2.45, 2.75) is 19.4 Å². The van der Waals surface area contributed by atoms with E-state index < -0.39 is 0 Å². The first-order chi connectivity index (χ1) is 12.3. The quantitative estimate of drug-likeness (QED) is 0.783. The third-order valence-corrected chi connectivity index (χ3v) is 4.13. The second-order valence-electron chi connectivity index (χ2n) is 5.94. The maximum absolute atomic E-state index is 12.0. The predicted molar refractivity (Wildman–Crippen MR) is 94.9 cm³/mol. The molecule has 0 spiro atoms. The van der Waals surface area contributed by atoms with Crippen LogP contribution in [0.1, 0.15) is 28.8 Å². The van der Waals surface area contributed by atoms with E-state index in [1.165, 1.54) is 12.8 Å². The zero-order chi connectivity index (χ0) is 17.5. The highest BCUT2D eigenvalue weighted by Crippen LogP contribution is 2.18. The molecule has 1 amide bonds. The van der Waals surface area contributed by atoms with Gasteiger partial charge in [-0.1, -0.05) is 12.1 Å². The fourth-order valence-corrected chi connectivity index (χ4v) is 2.79. The van der Waals surface area contributed by atoms with Gasteiger partial charge in [0.2, 0.25) is 0 Å². The number of pyridine rings is 1. The molecule has 1 saturated heterocycles. The summed E-state index contributed by atoms with van der Waals surface area (Å²) in [5, 5.41) is 2.83. The third kappa shape index (κ3) is 4.56. The number of para-hydroxylation sites is 1. The van der Waals surface area contributed by atoms with E-state index in [2.05, 4.69) is 15.2 Å². The standard InChI is InChI=1S/C19H21N3O3/c23-13-16-5-1-2-6-17(16)25-14-19(24)21-12-15-7-8-20-18(11-15)22-9-3-4-10-22/h1-2,5-8,11,13H,3-4,9-10,12,14H2,(H,21,24). The summed E-state index contributed by atoms with van der Waals surface area (Å²) in [5.74, 6) is 1.13. The molecule has 25 heavy (non-hydrogen) atoms. The van der Waals surface area contributed by atoms with Crippen molar-refractivity contribution in [3.8, 4) is 5.75 Å². The van der Waals surface area contributed by atoms with Crippen molar-refractivity contribution in [2.75, 3.05) is 24.6 Å². The zero-order valence-corrected chi connectivity index (χ0v) is 14.0. The van der Waals surface area contributed by atoms with Crippen LogP contribution in [-0.4, -0.2) is 36.9 Å². The van der Waals surface area contributed by atoms with Gasteiger partial charge in [0.05, 0.1) is 5.56 Å². The second kappa shape index (κ2) is 8.28. The Balaban J connectivity index is 1.50. The van der Waals surface area contributed by atoms with Crippen LogP contribution < -0.4 is 15.0 Å². The van der Waals surface area contributed by atoms with Crippen LogP contribution >= 0.6 is 0 Å². The molecule has 2 aromatic rings. The number of nitrogens with one attached hydrogen (secondary N) is 1. The smallest absolute Gasteiger partial charge is 0.258 e. The number of benzene rings is 1. The number of amides is 1. The summed E-state index contributed by atoms with van der Waals surface area (Å²) in [7, 11) is 0. The largest absolute Gasteiger partial charge is 0.483 e. The highest BCUT2D eigenvalue weighted by molar-refractivity contribution is 5.80. The predicted octanol–water partition coefficient (Wildman–Crippen LogP) is 2.19. The number of aldehydes is 1.